The predicted molar refractivity (Wildman–Crippen MR) is 101 cm³/mol. The lowest BCUT2D eigenvalue weighted by Gasteiger charge is -2.18. The normalized spacial score (nSPS) is 11.8. The zero-order valence-corrected chi connectivity index (χ0v) is 14.6. The van der Waals surface area contributed by atoms with E-state index in [0.29, 0.717) is 16.8 Å². The molecule has 27 heavy (non-hydrogen) atoms. The molecule has 2 N–H and O–H groups in total. The molecule has 7 heteroatoms. The van der Waals surface area contributed by atoms with E-state index >= 15 is 4.39 Å². The molecule has 0 radical (unpaired) electrons. The number of benzene rings is 2. The van der Waals surface area contributed by atoms with Crippen molar-refractivity contribution in [2.24, 2.45) is 0 Å². The van der Waals surface area contributed by atoms with Crippen molar-refractivity contribution >= 4 is 11.8 Å². The van der Waals surface area contributed by atoms with E-state index < -0.39 is 17.7 Å². The molecule has 1 atom stereocenters. The average Bonchev–Trinajstić information content (AvgIpc) is 2.69. The number of hydrogen-bond donors (Lipinski definition) is 2. The first-order valence-electron chi connectivity index (χ1n) is 8.40. The van der Waals surface area contributed by atoms with Crippen LogP contribution in [0.15, 0.2) is 65.6 Å². The number of rotatable bonds is 5. The second-order valence-electron chi connectivity index (χ2n) is 5.86. The average molecular weight is 367 g/mol. The van der Waals surface area contributed by atoms with Gasteiger partial charge in [-0.25, -0.2) is 9.18 Å². The van der Waals surface area contributed by atoms with Crippen LogP contribution < -0.4 is 10.3 Å². The number of H-pyrrole nitrogens is 1. The highest BCUT2D eigenvalue weighted by atomic mass is 19.1. The molecule has 0 saturated carbocycles. The number of amides is 1. The number of alkyl halides is 1. The topological polar surface area (TPSA) is 86.3 Å². The van der Waals surface area contributed by atoms with Gasteiger partial charge >= 0.3 is 6.09 Å². The van der Waals surface area contributed by atoms with Gasteiger partial charge in [0.15, 0.2) is 6.17 Å². The second-order valence-corrected chi connectivity index (χ2v) is 5.86. The zero-order valence-electron chi connectivity index (χ0n) is 14.6. The predicted octanol–water partition coefficient (Wildman–Crippen LogP) is 4.00. The summed E-state index contributed by atoms with van der Waals surface area (Å²) in [6.07, 6.45) is -1.48. The highest BCUT2D eigenvalue weighted by molar-refractivity contribution is 5.86. The Bertz CT molecular complexity index is 1000. The van der Waals surface area contributed by atoms with Gasteiger partial charge in [0.25, 0.3) is 0 Å². The van der Waals surface area contributed by atoms with Crippen molar-refractivity contribution in [3.63, 3.8) is 0 Å². The van der Waals surface area contributed by atoms with Gasteiger partial charge in [0, 0.05) is 24.0 Å². The highest BCUT2D eigenvalue weighted by Gasteiger charge is 2.22. The van der Waals surface area contributed by atoms with Crippen molar-refractivity contribution < 1.29 is 14.3 Å². The van der Waals surface area contributed by atoms with Crippen LogP contribution in [0.2, 0.25) is 0 Å². The van der Waals surface area contributed by atoms with Crippen LogP contribution in [0, 0.1) is 0 Å². The fourth-order valence-electron chi connectivity index (χ4n) is 2.86. The molecule has 0 aliphatic heterocycles. The van der Waals surface area contributed by atoms with E-state index in [4.69, 9.17) is 0 Å². The largest absolute Gasteiger partial charge is 0.465 e. The molecule has 1 aromatic heterocycles. The molecule has 2 aromatic carbocycles. The van der Waals surface area contributed by atoms with E-state index in [1.54, 1.807) is 43.3 Å². The number of nitrogens with one attached hydrogen (secondary N) is 1. The Morgan fingerprint density at radius 3 is 2.63 bits per heavy atom. The Hall–Kier alpha value is -3.48. The fourth-order valence-corrected chi connectivity index (χ4v) is 2.86. The molecule has 3 aromatic rings. The molecule has 1 heterocycles. The Morgan fingerprint density at radius 2 is 1.96 bits per heavy atom. The molecule has 0 saturated heterocycles. The van der Waals surface area contributed by atoms with Crippen LogP contribution in [0.4, 0.5) is 14.9 Å². The lowest BCUT2D eigenvalue weighted by Crippen LogP contribution is -2.28. The van der Waals surface area contributed by atoms with Crippen molar-refractivity contribution in [3.8, 4) is 11.1 Å². The molecule has 0 aliphatic rings. The van der Waals surface area contributed by atoms with Crippen LogP contribution in [0.3, 0.4) is 0 Å². The van der Waals surface area contributed by atoms with Gasteiger partial charge in [0.1, 0.15) is 5.69 Å². The number of carbonyl (C=O) groups is 1. The van der Waals surface area contributed by atoms with Gasteiger partial charge in [-0.05, 0) is 30.2 Å². The first-order chi connectivity index (χ1) is 13.0. The highest BCUT2D eigenvalue weighted by Crippen LogP contribution is 2.27. The maximum absolute atomic E-state index is 15.1. The van der Waals surface area contributed by atoms with Gasteiger partial charge in [-0.2, -0.15) is 5.10 Å². The Labute approximate surface area is 154 Å². The van der Waals surface area contributed by atoms with E-state index in [1.807, 2.05) is 6.07 Å². The van der Waals surface area contributed by atoms with E-state index in [0.717, 1.165) is 4.90 Å². The lowest BCUT2D eigenvalue weighted by molar-refractivity contribution is 0.202. The summed E-state index contributed by atoms with van der Waals surface area (Å²) in [4.78, 5) is 25.1. The van der Waals surface area contributed by atoms with Crippen molar-refractivity contribution in [3.05, 3.63) is 82.3 Å². The minimum atomic E-state index is -1.79. The summed E-state index contributed by atoms with van der Waals surface area (Å²) < 4.78 is 15.1. The Morgan fingerprint density at radius 1 is 1.22 bits per heavy atom. The van der Waals surface area contributed by atoms with Crippen molar-refractivity contribution in [2.75, 3.05) is 11.4 Å². The third kappa shape index (κ3) is 3.72. The smallest absolute Gasteiger partial charge is 0.411 e. The number of hydrogen-bond acceptors (Lipinski definition) is 3. The van der Waals surface area contributed by atoms with Gasteiger partial charge in [-0.1, -0.05) is 42.5 Å². The minimum absolute atomic E-state index is 0.162. The molecule has 138 valence electrons. The van der Waals surface area contributed by atoms with Crippen molar-refractivity contribution in [1.82, 2.24) is 10.2 Å². The molecule has 3 rings (SSSR count). The Kier molecular flexibility index (Phi) is 5.30. The maximum Gasteiger partial charge on any atom is 0.411 e. The number of aromatic nitrogens is 2. The third-order valence-corrected chi connectivity index (χ3v) is 4.22. The number of halogens is 1. The summed E-state index contributed by atoms with van der Waals surface area (Å²) in [6, 6.07) is 15.0. The van der Waals surface area contributed by atoms with Gasteiger partial charge < -0.3 is 5.11 Å². The van der Waals surface area contributed by atoms with E-state index in [-0.39, 0.29) is 17.8 Å². The summed E-state index contributed by atoms with van der Waals surface area (Å²) in [5.74, 6) is 0. The molecule has 0 aliphatic carbocycles. The number of nitrogens with zero attached hydrogens (tertiary/aromatic N) is 2. The van der Waals surface area contributed by atoms with Crippen molar-refractivity contribution in [2.45, 2.75) is 13.1 Å². The first-order valence-corrected chi connectivity index (χ1v) is 8.40. The molecule has 6 nitrogen and oxygen atoms in total. The summed E-state index contributed by atoms with van der Waals surface area (Å²) in [7, 11) is 0. The summed E-state index contributed by atoms with van der Waals surface area (Å²) in [5.41, 5.74) is 0.693. The summed E-state index contributed by atoms with van der Waals surface area (Å²) >= 11 is 0. The summed E-state index contributed by atoms with van der Waals surface area (Å²) in [5, 5.41) is 15.7. The van der Waals surface area contributed by atoms with Gasteiger partial charge in [-0.15, -0.1) is 0 Å². The monoisotopic (exact) mass is 367 g/mol. The minimum Gasteiger partial charge on any atom is -0.465 e. The first kappa shape index (κ1) is 18.3. The van der Waals surface area contributed by atoms with Crippen LogP contribution in [-0.4, -0.2) is 27.9 Å². The number of carboxylic acid groups (broad SMARTS) is 1. The van der Waals surface area contributed by atoms with Gasteiger partial charge in [0.2, 0.25) is 5.43 Å². The molecule has 1 unspecified atom stereocenters. The molecule has 0 spiro atoms. The van der Waals surface area contributed by atoms with E-state index in [9.17, 15) is 14.7 Å². The molecule has 1 amide bonds. The summed E-state index contributed by atoms with van der Waals surface area (Å²) in [6.45, 7) is 1.90. The Balaban J connectivity index is 2.01. The number of anilines is 1. The number of aromatic amines is 1. The van der Waals surface area contributed by atoms with Gasteiger partial charge in [0.05, 0.1) is 0 Å². The SMILES string of the molecule is CCN(C(=O)O)c1cccc(C(F)c2n[nH]cc(-c3ccccc3)c2=O)c1. The second kappa shape index (κ2) is 7.82. The van der Waals surface area contributed by atoms with Crippen LogP contribution in [0.25, 0.3) is 11.1 Å². The molecule has 0 bridgehead atoms. The maximum atomic E-state index is 15.1. The van der Waals surface area contributed by atoms with Crippen LogP contribution in [-0.2, 0) is 0 Å². The lowest BCUT2D eigenvalue weighted by atomic mass is 10.0. The zero-order chi connectivity index (χ0) is 19.4. The molecule has 0 fully saturated rings. The van der Waals surface area contributed by atoms with Gasteiger partial charge in [-0.3, -0.25) is 14.8 Å². The molecular formula is C20H18FN3O3. The van der Waals surface area contributed by atoms with E-state index in [2.05, 4.69) is 10.2 Å². The van der Waals surface area contributed by atoms with Crippen molar-refractivity contribution in [1.29, 1.82) is 0 Å². The van der Waals surface area contributed by atoms with Crippen LogP contribution in [0.1, 0.15) is 24.4 Å². The molecular weight excluding hydrogens is 349 g/mol. The fraction of sp³-hybridized carbons (Fsp3) is 0.150. The van der Waals surface area contributed by atoms with Crippen LogP contribution >= 0.6 is 0 Å². The quantitative estimate of drug-likeness (QED) is 0.714. The van der Waals surface area contributed by atoms with Crippen LogP contribution in [0.5, 0.6) is 0 Å². The third-order valence-electron chi connectivity index (χ3n) is 4.22. The van der Waals surface area contributed by atoms with E-state index in [1.165, 1.54) is 18.3 Å². The standard InChI is InChI=1S/C20H18FN3O3/c1-2-24(20(26)27)15-10-6-9-14(11-15)17(21)18-19(25)16(12-22-23-18)13-7-4-3-5-8-13/h3-12,17H,2H2,1H3,(H,22,25)(H,26,27).